The van der Waals surface area contributed by atoms with Crippen molar-refractivity contribution in [3.05, 3.63) is 83.2 Å². The van der Waals surface area contributed by atoms with Crippen LogP contribution in [0.4, 0.5) is 0 Å². The summed E-state index contributed by atoms with van der Waals surface area (Å²) in [6, 6.07) is 20.7. The summed E-state index contributed by atoms with van der Waals surface area (Å²) < 4.78 is 2.00. The van der Waals surface area contributed by atoms with Crippen LogP contribution in [-0.2, 0) is 13.1 Å². The number of aliphatic imine (C=N–C) groups is 1. The second-order valence-corrected chi connectivity index (χ2v) is 6.50. The second-order valence-electron chi connectivity index (χ2n) is 6.50. The van der Waals surface area contributed by atoms with E-state index in [-0.39, 0.29) is 0 Å². The monoisotopic (exact) mass is 361 g/mol. The van der Waals surface area contributed by atoms with E-state index in [0.29, 0.717) is 13.1 Å². The minimum atomic E-state index is 0.648. The number of hydrogen-bond donors (Lipinski definition) is 2. The third kappa shape index (κ3) is 4.97. The quantitative estimate of drug-likeness (QED) is 0.519. The van der Waals surface area contributed by atoms with E-state index in [1.54, 1.807) is 0 Å². The van der Waals surface area contributed by atoms with E-state index >= 15 is 0 Å². The van der Waals surface area contributed by atoms with Crippen LogP contribution >= 0.6 is 0 Å². The van der Waals surface area contributed by atoms with Crippen LogP contribution in [0.1, 0.15) is 29.4 Å². The molecule has 27 heavy (non-hydrogen) atoms. The molecule has 0 saturated carbocycles. The molecular formula is C22H27N5. The molecule has 0 radical (unpaired) electrons. The smallest absolute Gasteiger partial charge is 0.191 e. The minimum Gasteiger partial charge on any atom is -0.357 e. The Bertz CT molecular complexity index is 896. The Labute approximate surface area is 161 Å². The van der Waals surface area contributed by atoms with Gasteiger partial charge in [0, 0.05) is 18.8 Å². The van der Waals surface area contributed by atoms with Gasteiger partial charge in [-0.25, -0.2) is 9.67 Å². The normalized spacial score (nSPS) is 11.4. The van der Waals surface area contributed by atoms with Crippen LogP contribution in [0.15, 0.2) is 65.7 Å². The highest BCUT2D eigenvalue weighted by Crippen LogP contribution is 2.16. The molecule has 1 heterocycles. The summed E-state index contributed by atoms with van der Waals surface area (Å²) in [6.45, 7) is 8.31. The van der Waals surface area contributed by atoms with Gasteiger partial charge in [-0.3, -0.25) is 0 Å². The third-order valence-corrected chi connectivity index (χ3v) is 4.28. The SMILES string of the molecule is CCNC(=NCc1ccccc1)NCc1ccccc1-n1nc(C)cc1C. The van der Waals surface area contributed by atoms with Crippen molar-refractivity contribution in [1.82, 2.24) is 20.4 Å². The number of guanidine groups is 1. The molecule has 0 amide bonds. The van der Waals surface area contributed by atoms with Crippen LogP contribution in [0.5, 0.6) is 0 Å². The molecule has 0 fully saturated rings. The molecule has 0 atom stereocenters. The number of para-hydroxylation sites is 1. The van der Waals surface area contributed by atoms with Crippen LogP contribution in [0.2, 0.25) is 0 Å². The van der Waals surface area contributed by atoms with Gasteiger partial charge >= 0.3 is 0 Å². The summed E-state index contributed by atoms with van der Waals surface area (Å²) in [5.74, 6) is 0.810. The molecule has 0 aliphatic carbocycles. The highest BCUT2D eigenvalue weighted by atomic mass is 15.3. The van der Waals surface area contributed by atoms with Crippen molar-refractivity contribution in [1.29, 1.82) is 0 Å². The number of aryl methyl sites for hydroxylation is 2. The average molecular weight is 361 g/mol. The summed E-state index contributed by atoms with van der Waals surface area (Å²) in [6.07, 6.45) is 0. The lowest BCUT2D eigenvalue weighted by atomic mass is 10.1. The van der Waals surface area contributed by atoms with Gasteiger partial charge in [-0.1, -0.05) is 48.5 Å². The summed E-state index contributed by atoms with van der Waals surface area (Å²) in [5, 5.41) is 11.4. The molecule has 0 aliphatic rings. The van der Waals surface area contributed by atoms with E-state index in [9.17, 15) is 0 Å². The Kier molecular flexibility index (Phi) is 6.26. The molecule has 140 valence electrons. The topological polar surface area (TPSA) is 54.2 Å². The lowest BCUT2D eigenvalue weighted by molar-refractivity contribution is 0.783. The van der Waals surface area contributed by atoms with E-state index in [1.165, 1.54) is 11.1 Å². The van der Waals surface area contributed by atoms with E-state index < -0.39 is 0 Å². The zero-order valence-electron chi connectivity index (χ0n) is 16.2. The zero-order valence-corrected chi connectivity index (χ0v) is 16.2. The Hall–Kier alpha value is -3.08. The maximum absolute atomic E-state index is 4.69. The second kappa shape index (κ2) is 9.03. The Balaban J connectivity index is 1.75. The first kappa shape index (κ1) is 18.7. The first-order valence-electron chi connectivity index (χ1n) is 9.35. The number of benzene rings is 2. The highest BCUT2D eigenvalue weighted by molar-refractivity contribution is 5.79. The highest BCUT2D eigenvalue weighted by Gasteiger charge is 2.09. The molecule has 5 heteroatoms. The van der Waals surface area contributed by atoms with Crippen molar-refractivity contribution in [3.63, 3.8) is 0 Å². The molecule has 0 unspecified atom stereocenters. The van der Waals surface area contributed by atoms with E-state index in [2.05, 4.69) is 66.0 Å². The lowest BCUT2D eigenvalue weighted by Gasteiger charge is -2.15. The lowest BCUT2D eigenvalue weighted by Crippen LogP contribution is -2.37. The van der Waals surface area contributed by atoms with Crippen LogP contribution in [0.3, 0.4) is 0 Å². The van der Waals surface area contributed by atoms with Gasteiger partial charge in [-0.2, -0.15) is 5.10 Å². The van der Waals surface area contributed by atoms with Gasteiger partial charge in [0.2, 0.25) is 0 Å². The summed E-state index contributed by atoms with van der Waals surface area (Å²) in [4.78, 5) is 4.69. The summed E-state index contributed by atoms with van der Waals surface area (Å²) in [5.41, 5.74) is 5.61. The molecule has 0 spiro atoms. The predicted octanol–water partition coefficient (Wildman–Crippen LogP) is 3.74. The van der Waals surface area contributed by atoms with Crippen molar-refractivity contribution in [2.45, 2.75) is 33.9 Å². The molecule has 3 rings (SSSR count). The fraction of sp³-hybridized carbons (Fsp3) is 0.273. The van der Waals surface area contributed by atoms with Gasteiger partial charge in [0.15, 0.2) is 5.96 Å². The van der Waals surface area contributed by atoms with Crippen molar-refractivity contribution in [3.8, 4) is 5.69 Å². The van der Waals surface area contributed by atoms with Gasteiger partial charge in [-0.05, 0) is 44.0 Å². The summed E-state index contributed by atoms with van der Waals surface area (Å²) in [7, 11) is 0. The van der Waals surface area contributed by atoms with Gasteiger partial charge < -0.3 is 10.6 Å². The van der Waals surface area contributed by atoms with Crippen LogP contribution in [0, 0.1) is 13.8 Å². The Morgan fingerprint density at radius 3 is 2.44 bits per heavy atom. The van der Waals surface area contributed by atoms with E-state index in [4.69, 9.17) is 4.99 Å². The molecule has 0 saturated heterocycles. The average Bonchev–Trinajstić information content (AvgIpc) is 3.03. The number of hydrogen-bond acceptors (Lipinski definition) is 2. The maximum Gasteiger partial charge on any atom is 0.191 e. The van der Waals surface area contributed by atoms with Crippen LogP contribution in [0.25, 0.3) is 5.69 Å². The van der Waals surface area contributed by atoms with Gasteiger partial charge in [0.1, 0.15) is 0 Å². The third-order valence-electron chi connectivity index (χ3n) is 4.28. The standard InChI is InChI=1S/C22H27N5/c1-4-23-22(24-15-19-10-6-5-7-11-19)25-16-20-12-8-9-13-21(20)27-18(3)14-17(2)26-27/h5-14H,4,15-16H2,1-3H3,(H2,23,24,25). The number of aromatic nitrogens is 2. The van der Waals surface area contributed by atoms with Crippen molar-refractivity contribution >= 4 is 5.96 Å². The minimum absolute atomic E-state index is 0.648. The number of rotatable bonds is 6. The van der Waals surface area contributed by atoms with Crippen LogP contribution in [-0.4, -0.2) is 22.3 Å². The molecule has 0 aliphatic heterocycles. The van der Waals surface area contributed by atoms with Crippen molar-refractivity contribution < 1.29 is 0 Å². The molecule has 0 bridgehead atoms. The Morgan fingerprint density at radius 2 is 1.74 bits per heavy atom. The summed E-state index contributed by atoms with van der Waals surface area (Å²) >= 11 is 0. The molecule has 2 aromatic carbocycles. The van der Waals surface area contributed by atoms with Crippen molar-refractivity contribution in [2.24, 2.45) is 4.99 Å². The van der Waals surface area contributed by atoms with E-state index in [1.807, 2.05) is 35.9 Å². The maximum atomic E-state index is 4.69. The largest absolute Gasteiger partial charge is 0.357 e. The van der Waals surface area contributed by atoms with Gasteiger partial charge in [-0.15, -0.1) is 0 Å². The number of nitrogens with zero attached hydrogens (tertiary/aromatic N) is 3. The number of nitrogens with one attached hydrogen (secondary N) is 2. The van der Waals surface area contributed by atoms with Crippen molar-refractivity contribution in [2.75, 3.05) is 6.54 Å². The first-order chi connectivity index (χ1) is 13.2. The molecular weight excluding hydrogens is 334 g/mol. The van der Waals surface area contributed by atoms with Gasteiger partial charge in [0.25, 0.3) is 0 Å². The molecule has 1 aromatic heterocycles. The first-order valence-corrected chi connectivity index (χ1v) is 9.35. The molecule has 2 N–H and O–H groups in total. The predicted molar refractivity (Wildman–Crippen MR) is 111 cm³/mol. The Morgan fingerprint density at radius 1 is 1.00 bits per heavy atom. The molecule has 3 aromatic rings. The van der Waals surface area contributed by atoms with Crippen LogP contribution < -0.4 is 10.6 Å². The fourth-order valence-electron chi connectivity index (χ4n) is 3.01. The molecule has 5 nitrogen and oxygen atoms in total. The zero-order chi connectivity index (χ0) is 19.1. The van der Waals surface area contributed by atoms with E-state index in [0.717, 1.165) is 29.6 Å². The van der Waals surface area contributed by atoms with Gasteiger partial charge in [0.05, 0.1) is 17.9 Å². The fourth-order valence-corrected chi connectivity index (χ4v) is 3.01.